The molecule has 1 aromatic heterocycles. The number of anilines is 1. The molecule has 0 aliphatic heterocycles. The minimum absolute atomic E-state index is 0.115. The molecule has 1 amide bonds. The van der Waals surface area contributed by atoms with E-state index in [0.717, 1.165) is 22.9 Å². The molecule has 0 fully saturated rings. The summed E-state index contributed by atoms with van der Waals surface area (Å²) in [6.07, 6.45) is 0.250. The zero-order valence-electron chi connectivity index (χ0n) is 14.1. The van der Waals surface area contributed by atoms with Crippen LogP contribution >= 0.6 is 35.0 Å². The fourth-order valence-electron chi connectivity index (χ4n) is 2.29. The van der Waals surface area contributed by atoms with Crippen LogP contribution in [-0.2, 0) is 6.42 Å². The Hall–Kier alpha value is -2.35. The number of nitrogens with one attached hydrogen (secondary N) is 2. The van der Waals surface area contributed by atoms with E-state index in [0.29, 0.717) is 15.7 Å². The highest BCUT2D eigenvalue weighted by atomic mass is 35.5. The van der Waals surface area contributed by atoms with Crippen LogP contribution in [0.1, 0.15) is 16.8 Å². The van der Waals surface area contributed by atoms with Crippen molar-refractivity contribution in [1.82, 2.24) is 15.2 Å². The van der Waals surface area contributed by atoms with Crippen molar-refractivity contribution in [3.05, 3.63) is 79.7 Å². The topological polar surface area (TPSA) is 87.7 Å². The highest BCUT2D eigenvalue weighted by Gasteiger charge is 2.12. The van der Waals surface area contributed by atoms with Gasteiger partial charge in [-0.3, -0.25) is 14.6 Å². The summed E-state index contributed by atoms with van der Waals surface area (Å²) in [7, 11) is 0. The fourth-order valence-corrected chi connectivity index (χ4v) is 3.17. The summed E-state index contributed by atoms with van der Waals surface area (Å²) >= 11 is 12.6. The number of thioether (sulfide) groups is 1. The lowest BCUT2D eigenvalue weighted by Crippen LogP contribution is -2.19. The molecule has 0 bridgehead atoms. The molecule has 27 heavy (non-hydrogen) atoms. The molecule has 3 aromatic rings. The Morgan fingerprint density at radius 1 is 1.15 bits per heavy atom. The summed E-state index contributed by atoms with van der Waals surface area (Å²) < 4.78 is 0. The Kier molecular flexibility index (Phi) is 6.15. The number of H-pyrrole nitrogens is 1. The smallest absolute Gasteiger partial charge is 0.291 e. The third-order valence-electron chi connectivity index (χ3n) is 3.67. The summed E-state index contributed by atoms with van der Waals surface area (Å²) in [5, 5.41) is 11.2. The van der Waals surface area contributed by atoms with Crippen molar-refractivity contribution in [2.24, 2.45) is 0 Å². The quantitative estimate of drug-likeness (QED) is 0.597. The monoisotopic (exact) mass is 420 g/mol. The second kappa shape index (κ2) is 8.56. The number of hydrogen-bond donors (Lipinski definition) is 2. The van der Waals surface area contributed by atoms with E-state index >= 15 is 0 Å². The number of halogens is 2. The number of amides is 1. The predicted octanol–water partition coefficient (Wildman–Crippen LogP) is 4.70. The van der Waals surface area contributed by atoms with E-state index in [1.165, 1.54) is 0 Å². The first kappa shape index (κ1) is 19.4. The number of hydrogen-bond acceptors (Lipinski definition) is 5. The minimum Gasteiger partial charge on any atom is -0.316 e. The molecular weight excluding hydrogens is 407 g/mol. The molecule has 138 valence electrons. The SMILES string of the molecule is Cc1ccccc1NC(=O)Sc1nnc(Cc2ccc(Cl)c(Cl)c2)c(=O)[nH]1. The normalized spacial score (nSPS) is 10.6. The Morgan fingerprint density at radius 3 is 2.63 bits per heavy atom. The molecule has 0 saturated heterocycles. The Morgan fingerprint density at radius 2 is 1.93 bits per heavy atom. The molecule has 0 atom stereocenters. The van der Waals surface area contributed by atoms with E-state index in [1.807, 2.05) is 25.1 Å². The maximum atomic E-state index is 12.2. The summed E-state index contributed by atoms with van der Waals surface area (Å²) in [5.41, 5.74) is 2.21. The van der Waals surface area contributed by atoms with E-state index in [4.69, 9.17) is 23.2 Å². The summed E-state index contributed by atoms with van der Waals surface area (Å²) in [4.78, 5) is 26.9. The highest BCUT2D eigenvalue weighted by Crippen LogP contribution is 2.23. The molecule has 2 aromatic carbocycles. The number of carbonyl (C=O) groups is 1. The van der Waals surface area contributed by atoms with Crippen LogP contribution in [0.5, 0.6) is 0 Å². The molecule has 6 nitrogen and oxygen atoms in total. The van der Waals surface area contributed by atoms with Gasteiger partial charge in [-0.05, 0) is 36.2 Å². The fraction of sp³-hybridized carbons (Fsp3) is 0.111. The molecule has 0 radical (unpaired) electrons. The van der Waals surface area contributed by atoms with Gasteiger partial charge in [-0.2, -0.15) is 0 Å². The summed E-state index contributed by atoms with van der Waals surface area (Å²) in [5.74, 6) is 0. The number of nitrogens with zero attached hydrogens (tertiary/aromatic N) is 2. The van der Waals surface area contributed by atoms with Gasteiger partial charge in [-0.25, -0.2) is 0 Å². The molecular formula is C18H14Cl2N4O2S. The average Bonchev–Trinajstić information content (AvgIpc) is 2.62. The Balaban J connectivity index is 1.69. The van der Waals surface area contributed by atoms with E-state index in [1.54, 1.807) is 24.3 Å². The first-order chi connectivity index (χ1) is 12.9. The maximum absolute atomic E-state index is 12.2. The summed E-state index contributed by atoms with van der Waals surface area (Å²) in [6.45, 7) is 1.89. The van der Waals surface area contributed by atoms with Gasteiger partial charge in [0.25, 0.3) is 10.8 Å². The standard InChI is InChI=1S/C18H14Cl2N4O2S/c1-10-4-2-3-5-14(10)21-18(26)27-17-22-16(25)15(23-24-17)9-11-6-7-12(19)13(20)8-11/h2-8H,9H2,1H3,(H,21,26)(H,22,24,25). The van der Waals surface area contributed by atoms with Gasteiger partial charge in [-0.15, -0.1) is 10.2 Å². The number of carbonyl (C=O) groups excluding carboxylic acids is 1. The summed E-state index contributed by atoms with van der Waals surface area (Å²) in [6, 6.07) is 12.5. The third-order valence-corrected chi connectivity index (χ3v) is 5.07. The van der Waals surface area contributed by atoms with Crippen molar-refractivity contribution >= 4 is 45.9 Å². The van der Waals surface area contributed by atoms with Gasteiger partial charge in [0, 0.05) is 23.9 Å². The van der Waals surface area contributed by atoms with Crippen LogP contribution in [0.3, 0.4) is 0 Å². The minimum atomic E-state index is -0.415. The molecule has 9 heteroatoms. The van der Waals surface area contributed by atoms with Crippen molar-refractivity contribution < 1.29 is 4.79 Å². The largest absolute Gasteiger partial charge is 0.316 e. The van der Waals surface area contributed by atoms with Gasteiger partial charge < -0.3 is 5.32 Å². The van der Waals surface area contributed by atoms with Crippen LogP contribution in [0.25, 0.3) is 0 Å². The van der Waals surface area contributed by atoms with Crippen molar-refractivity contribution in [1.29, 1.82) is 0 Å². The first-order valence-electron chi connectivity index (χ1n) is 7.86. The molecule has 1 heterocycles. The van der Waals surface area contributed by atoms with Gasteiger partial charge in [0.05, 0.1) is 10.0 Å². The Bertz CT molecular complexity index is 1060. The lowest BCUT2D eigenvalue weighted by atomic mass is 10.1. The van der Waals surface area contributed by atoms with Crippen molar-refractivity contribution in [3.63, 3.8) is 0 Å². The van der Waals surface area contributed by atoms with Crippen molar-refractivity contribution in [3.8, 4) is 0 Å². The second-order valence-electron chi connectivity index (χ2n) is 5.66. The number of para-hydroxylation sites is 1. The van der Waals surface area contributed by atoms with Gasteiger partial charge in [-0.1, -0.05) is 47.5 Å². The second-order valence-corrected chi connectivity index (χ2v) is 7.44. The highest BCUT2D eigenvalue weighted by molar-refractivity contribution is 8.13. The molecule has 0 aliphatic carbocycles. The van der Waals surface area contributed by atoms with Gasteiger partial charge in [0.2, 0.25) is 0 Å². The molecule has 0 aliphatic rings. The average molecular weight is 421 g/mol. The van der Waals surface area contributed by atoms with Crippen LogP contribution in [0.4, 0.5) is 10.5 Å². The molecule has 0 unspecified atom stereocenters. The number of aryl methyl sites for hydroxylation is 1. The molecule has 0 spiro atoms. The first-order valence-corrected chi connectivity index (χ1v) is 9.44. The van der Waals surface area contributed by atoms with Crippen LogP contribution < -0.4 is 10.9 Å². The van der Waals surface area contributed by atoms with Crippen LogP contribution in [0.15, 0.2) is 52.4 Å². The van der Waals surface area contributed by atoms with Crippen LogP contribution in [-0.4, -0.2) is 20.4 Å². The number of aromatic amines is 1. The molecule has 2 N–H and O–H groups in total. The van der Waals surface area contributed by atoms with Gasteiger partial charge in [0.1, 0.15) is 5.69 Å². The molecule has 3 rings (SSSR count). The van der Waals surface area contributed by atoms with Crippen LogP contribution in [0.2, 0.25) is 10.0 Å². The Labute approximate surface area is 169 Å². The lowest BCUT2D eigenvalue weighted by Gasteiger charge is -2.07. The third kappa shape index (κ3) is 5.09. The zero-order valence-corrected chi connectivity index (χ0v) is 16.5. The van der Waals surface area contributed by atoms with Gasteiger partial charge in [0.15, 0.2) is 5.16 Å². The number of rotatable bonds is 4. The van der Waals surface area contributed by atoms with E-state index in [-0.39, 0.29) is 22.5 Å². The number of benzene rings is 2. The molecule has 0 saturated carbocycles. The van der Waals surface area contributed by atoms with E-state index in [9.17, 15) is 9.59 Å². The van der Waals surface area contributed by atoms with Crippen molar-refractivity contribution in [2.75, 3.05) is 5.32 Å². The van der Waals surface area contributed by atoms with E-state index < -0.39 is 5.56 Å². The van der Waals surface area contributed by atoms with Crippen molar-refractivity contribution in [2.45, 2.75) is 18.5 Å². The van der Waals surface area contributed by atoms with Gasteiger partial charge >= 0.3 is 0 Å². The van der Waals surface area contributed by atoms with E-state index in [2.05, 4.69) is 20.5 Å². The maximum Gasteiger partial charge on any atom is 0.291 e. The predicted molar refractivity (Wildman–Crippen MR) is 108 cm³/mol. The zero-order chi connectivity index (χ0) is 19.4. The number of aromatic nitrogens is 3. The van der Waals surface area contributed by atoms with Crippen LogP contribution in [0, 0.1) is 6.92 Å². The lowest BCUT2D eigenvalue weighted by molar-refractivity contribution is 0.269.